The highest BCUT2D eigenvalue weighted by Crippen LogP contribution is 2.28. The molecular formula is C12H19NO3. The number of aromatic hydroxyl groups is 2. The Kier molecular flexibility index (Phi) is 4.58. The Labute approximate surface area is 95.9 Å². The van der Waals surface area contributed by atoms with Gasteiger partial charge in [0.15, 0.2) is 11.5 Å². The molecule has 1 aromatic rings. The third-order valence-electron chi connectivity index (χ3n) is 2.37. The molecule has 0 saturated heterocycles. The summed E-state index contributed by atoms with van der Waals surface area (Å²) < 4.78 is 5.33. The molecule has 0 aromatic heterocycles. The highest BCUT2D eigenvalue weighted by molar-refractivity contribution is 5.41. The van der Waals surface area contributed by atoms with Crippen LogP contribution >= 0.6 is 0 Å². The lowest BCUT2D eigenvalue weighted by Crippen LogP contribution is -2.28. The molecular weight excluding hydrogens is 206 g/mol. The Morgan fingerprint density at radius 2 is 1.94 bits per heavy atom. The first-order valence-corrected chi connectivity index (χ1v) is 5.32. The molecule has 0 amide bonds. The third kappa shape index (κ3) is 3.40. The summed E-state index contributed by atoms with van der Waals surface area (Å²) in [6.45, 7) is 4.78. The van der Waals surface area contributed by atoms with Gasteiger partial charge >= 0.3 is 0 Å². The highest BCUT2D eigenvalue weighted by Gasteiger charge is 2.12. The Morgan fingerprint density at radius 3 is 2.44 bits per heavy atom. The molecule has 16 heavy (non-hydrogen) atoms. The first-order chi connectivity index (χ1) is 7.54. The minimum Gasteiger partial charge on any atom is -0.504 e. The lowest BCUT2D eigenvalue weighted by molar-refractivity contribution is 0.100. The number of hydrogen-bond acceptors (Lipinski definition) is 4. The molecule has 0 spiro atoms. The van der Waals surface area contributed by atoms with E-state index in [4.69, 9.17) is 4.74 Å². The normalized spacial score (nSPS) is 13.0. The van der Waals surface area contributed by atoms with Crippen LogP contribution in [0.25, 0.3) is 0 Å². The summed E-state index contributed by atoms with van der Waals surface area (Å²) in [5.74, 6) is -0.237. The van der Waals surface area contributed by atoms with Crippen LogP contribution in [-0.4, -0.2) is 29.9 Å². The van der Waals surface area contributed by atoms with Gasteiger partial charge in [-0.3, -0.25) is 0 Å². The summed E-state index contributed by atoms with van der Waals surface area (Å²) in [4.78, 5) is 0. The summed E-state index contributed by atoms with van der Waals surface area (Å²) in [7, 11) is 1.62. The van der Waals surface area contributed by atoms with Gasteiger partial charge in [-0.15, -0.1) is 0 Å². The second-order valence-corrected chi connectivity index (χ2v) is 4.04. The second-order valence-electron chi connectivity index (χ2n) is 4.04. The number of hydrogen-bond donors (Lipinski definition) is 3. The molecule has 0 heterocycles. The van der Waals surface area contributed by atoms with Crippen molar-refractivity contribution >= 4 is 0 Å². The lowest BCUT2D eigenvalue weighted by atomic mass is 10.1. The van der Waals surface area contributed by atoms with E-state index in [9.17, 15) is 10.2 Å². The largest absolute Gasteiger partial charge is 0.504 e. The number of ether oxygens (including phenoxy) is 1. The molecule has 4 nitrogen and oxygen atoms in total. The van der Waals surface area contributed by atoms with Crippen molar-refractivity contribution in [2.24, 2.45) is 0 Å². The van der Waals surface area contributed by atoms with E-state index in [0.717, 1.165) is 5.56 Å². The van der Waals surface area contributed by atoms with Crippen LogP contribution in [0.15, 0.2) is 18.2 Å². The van der Waals surface area contributed by atoms with Crippen LogP contribution < -0.4 is 5.32 Å². The molecule has 1 rings (SSSR count). The van der Waals surface area contributed by atoms with E-state index in [0.29, 0.717) is 12.6 Å². The fourth-order valence-corrected chi connectivity index (χ4v) is 1.42. The van der Waals surface area contributed by atoms with Crippen LogP contribution in [0.5, 0.6) is 11.5 Å². The van der Waals surface area contributed by atoms with Gasteiger partial charge in [0.25, 0.3) is 0 Å². The number of phenolic OH excluding ortho intramolecular Hbond substituents is 2. The summed E-state index contributed by atoms with van der Waals surface area (Å²) in [5, 5.41) is 21.9. The van der Waals surface area contributed by atoms with Gasteiger partial charge in [0.2, 0.25) is 0 Å². The molecule has 0 bridgehead atoms. The zero-order chi connectivity index (χ0) is 12.1. The van der Waals surface area contributed by atoms with Crippen molar-refractivity contribution in [1.82, 2.24) is 5.32 Å². The Balaban J connectivity index is 2.74. The van der Waals surface area contributed by atoms with Crippen molar-refractivity contribution < 1.29 is 14.9 Å². The van der Waals surface area contributed by atoms with Gasteiger partial charge in [0.1, 0.15) is 0 Å². The standard InChI is InChI=1S/C12H19NO3/c1-8(2)13-7-12(16-3)9-4-5-10(14)11(15)6-9/h4-6,8,12-15H,7H2,1-3H3/t12-/m0/s1. The molecule has 0 aliphatic heterocycles. The SMILES string of the molecule is CO[C@@H](CNC(C)C)c1ccc(O)c(O)c1. The van der Waals surface area contributed by atoms with Crippen LogP contribution in [0.4, 0.5) is 0 Å². The minimum atomic E-state index is -0.131. The molecule has 1 aromatic carbocycles. The lowest BCUT2D eigenvalue weighted by Gasteiger charge is -2.18. The number of benzene rings is 1. The topological polar surface area (TPSA) is 61.7 Å². The Morgan fingerprint density at radius 1 is 1.25 bits per heavy atom. The molecule has 0 radical (unpaired) electrons. The minimum absolute atomic E-state index is 0.115. The quantitative estimate of drug-likeness (QED) is 0.668. The summed E-state index contributed by atoms with van der Waals surface area (Å²) >= 11 is 0. The van der Waals surface area contributed by atoms with Crippen molar-refractivity contribution in [1.29, 1.82) is 0 Å². The number of rotatable bonds is 5. The van der Waals surface area contributed by atoms with Crippen molar-refractivity contribution in [3.8, 4) is 11.5 Å². The highest BCUT2D eigenvalue weighted by atomic mass is 16.5. The molecule has 0 aliphatic carbocycles. The number of nitrogens with one attached hydrogen (secondary N) is 1. The number of phenols is 2. The van der Waals surface area contributed by atoms with Crippen LogP contribution in [0.1, 0.15) is 25.5 Å². The number of methoxy groups -OCH3 is 1. The molecule has 0 saturated carbocycles. The molecule has 0 aliphatic rings. The smallest absolute Gasteiger partial charge is 0.157 e. The molecule has 0 fully saturated rings. The molecule has 1 atom stereocenters. The van der Waals surface area contributed by atoms with Gasteiger partial charge in [0, 0.05) is 19.7 Å². The van der Waals surface area contributed by atoms with Crippen LogP contribution in [0.2, 0.25) is 0 Å². The van der Waals surface area contributed by atoms with Gasteiger partial charge in [-0.25, -0.2) is 0 Å². The molecule has 4 heteroatoms. The fourth-order valence-electron chi connectivity index (χ4n) is 1.42. The van der Waals surface area contributed by atoms with Gasteiger partial charge in [-0.2, -0.15) is 0 Å². The summed E-state index contributed by atoms with van der Waals surface area (Å²) in [6, 6.07) is 5.10. The maximum absolute atomic E-state index is 9.40. The summed E-state index contributed by atoms with van der Waals surface area (Å²) in [6.07, 6.45) is -0.131. The second kappa shape index (κ2) is 5.72. The predicted molar refractivity (Wildman–Crippen MR) is 62.7 cm³/mol. The monoisotopic (exact) mass is 225 g/mol. The average molecular weight is 225 g/mol. The first kappa shape index (κ1) is 12.8. The van der Waals surface area contributed by atoms with Gasteiger partial charge < -0.3 is 20.3 Å². The van der Waals surface area contributed by atoms with E-state index in [-0.39, 0.29) is 17.6 Å². The third-order valence-corrected chi connectivity index (χ3v) is 2.37. The van der Waals surface area contributed by atoms with Crippen LogP contribution in [-0.2, 0) is 4.74 Å². The van der Waals surface area contributed by atoms with E-state index < -0.39 is 0 Å². The van der Waals surface area contributed by atoms with Crippen molar-refractivity contribution in [3.05, 3.63) is 23.8 Å². The Hall–Kier alpha value is -1.26. The van der Waals surface area contributed by atoms with Crippen molar-refractivity contribution in [2.75, 3.05) is 13.7 Å². The summed E-state index contributed by atoms with van der Waals surface area (Å²) in [5.41, 5.74) is 0.839. The van der Waals surface area contributed by atoms with Gasteiger partial charge in [0.05, 0.1) is 6.10 Å². The zero-order valence-corrected chi connectivity index (χ0v) is 9.90. The zero-order valence-electron chi connectivity index (χ0n) is 9.90. The maximum Gasteiger partial charge on any atom is 0.157 e. The molecule has 0 unspecified atom stereocenters. The van der Waals surface area contributed by atoms with Crippen LogP contribution in [0.3, 0.4) is 0 Å². The fraction of sp³-hybridized carbons (Fsp3) is 0.500. The van der Waals surface area contributed by atoms with Gasteiger partial charge in [-0.1, -0.05) is 19.9 Å². The van der Waals surface area contributed by atoms with Crippen molar-refractivity contribution in [2.45, 2.75) is 26.0 Å². The van der Waals surface area contributed by atoms with E-state index in [2.05, 4.69) is 19.2 Å². The van der Waals surface area contributed by atoms with E-state index in [1.165, 1.54) is 12.1 Å². The maximum atomic E-state index is 9.40. The average Bonchev–Trinajstić information content (AvgIpc) is 2.23. The predicted octanol–water partition coefficient (Wildman–Crippen LogP) is 1.78. The first-order valence-electron chi connectivity index (χ1n) is 5.32. The van der Waals surface area contributed by atoms with E-state index in [1.54, 1.807) is 13.2 Å². The van der Waals surface area contributed by atoms with Gasteiger partial charge in [-0.05, 0) is 17.7 Å². The molecule has 90 valence electrons. The van der Waals surface area contributed by atoms with E-state index >= 15 is 0 Å². The van der Waals surface area contributed by atoms with E-state index in [1.807, 2.05) is 0 Å². The Bertz CT molecular complexity index is 339. The van der Waals surface area contributed by atoms with Crippen molar-refractivity contribution in [3.63, 3.8) is 0 Å². The van der Waals surface area contributed by atoms with Crippen LogP contribution in [0, 0.1) is 0 Å². The molecule has 3 N–H and O–H groups in total.